The molecule has 1 aromatic heterocycles. The number of hydrogen-bond donors (Lipinski definition) is 2. The third kappa shape index (κ3) is 4.67. The third-order valence-electron chi connectivity index (χ3n) is 3.80. The molecule has 1 amide bonds. The number of amides is 1. The molecule has 6 nitrogen and oxygen atoms in total. The van der Waals surface area contributed by atoms with Gasteiger partial charge in [-0.2, -0.15) is 5.26 Å². The van der Waals surface area contributed by atoms with Crippen LogP contribution in [-0.4, -0.2) is 26.3 Å². The van der Waals surface area contributed by atoms with Gasteiger partial charge in [-0.3, -0.25) is 9.89 Å². The number of nitriles is 1. The van der Waals surface area contributed by atoms with Gasteiger partial charge in [0.15, 0.2) is 5.82 Å². The number of carbonyl (C=O) groups excluding carboxylic acids is 1. The zero-order valence-electron chi connectivity index (χ0n) is 14.7. The Labute approximate surface area is 166 Å². The van der Waals surface area contributed by atoms with Gasteiger partial charge in [-0.05, 0) is 32.0 Å². The molecule has 0 fully saturated rings. The molecule has 0 aliphatic heterocycles. The largest absolute Gasteiger partial charge is 0.325 e. The van der Waals surface area contributed by atoms with Crippen LogP contribution in [0.3, 0.4) is 0 Å². The van der Waals surface area contributed by atoms with E-state index in [1.54, 1.807) is 25.1 Å². The summed E-state index contributed by atoms with van der Waals surface area (Å²) in [7, 11) is 0. The van der Waals surface area contributed by atoms with E-state index in [0.29, 0.717) is 27.3 Å². The number of nitrogens with one attached hydrogen (secondary N) is 2. The molecule has 0 saturated heterocycles. The molecule has 8 heteroatoms. The summed E-state index contributed by atoms with van der Waals surface area (Å²) in [5.41, 5.74) is 3.00. The number of thioether (sulfide) groups is 1. The number of hydrogen-bond acceptors (Lipinski definition) is 5. The van der Waals surface area contributed by atoms with Gasteiger partial charge < -0.3 is 5.32 Å². The Morgan fingerprint density at radius 3 is 2.70 bits per heavy atom. The van der Waals surface area contributed by atoms with Crippen molar-refractivity contribution in [3.8, 4) is 17.5 Å². The Balaban J connectivity index is 1.64. The standard InChI is InChI=1S/C19H16ClN5OS/c1-11-3-5-13(6-4-11)17-23-19(25-24-17)27-12(2)18(26)22-15-8-7-14(10-21)16(20)9-15/h3-9,12H,1-2H3,(H,22,26)(H,23,24,25)/t12-/m1/s1. The van der Waals surface area contributed by atoms with Crippen LogP contribution in [0.25, 0.3) is 11.4 Å². The Kier molecular flexibility index (Phi) is 5.79. The molecule has 0 aliphatic rings. The lowest BCUT2D eigenvalue weighted by molar-refractivity contribution is -0.115. The molecular formula is C19H16ClN5OS. The molecule has 136 valence electrons. The van der Waals surface area contributed by atoms with Crippen molar-refractivity contribution in [1.82, 2.24) is 15.2 Å². The maximum absolute atomic E-state index is 12.4. The molecule has 2 aromatic carbocycles. The molecule has 0 radical (unpaired) electrons. The molecule has 2 N–H and O–H groups in total. The van der Waals surface area contributed by atoms with Crippen molar-refractivity contribution >= 4 is 35.0 Å². The Morgan fingerprint density at radius 1 is 1.30 bits per heavy atom. The predicted octanol–water partition coefficient (Wildman–Crippen LogP) is 4.42. The van der Waals surface area contributed by atoms with E-state index in [4.69, 9.17) is 16.9 Å². The van der Waals surface area contributed by atoms with Crippen molar-refractivity contribution in [3.63, 3.8) is 0 Å². The van der Waals surface area contributed by atoms with Crippen LogP contribution in [0.1, 0.15) is 18.1 Å². The highest BCUT2D eigenvalue weighted by Gasteiger charge is 2.18. The predicted molar refractivity (Wildman–Crippen MR) is 107 cm³/mol. The second-order valence-electron chi connectivity index (χ2n) is 5.89. The number of H-pyrrole nitrogens is 1. The van der Waals surface area contributed by atoms with E-state index in [1.165, 1.54) is 17.3 Å². The van der Waals surface area contributed by atoms with Gasteiger partial charge in [0.1, 0.15) is 6.07 Å². The number of aromatic nitrogens is 3. The summed E-state index contributed by atoms with van der Waals surface area (Å²) in [4.78, 5) is 16.8. The minimum Gasteiger partial charge on any atom is -0.325 e. The lowest BCUT2D eigenvalue weighted by Crippen LogP contribution is -2.22. The fraction of sp³-hybridized carbons (Fsp3) is 0.158. The summed E-state index contributed by atoms with van der Waals surface area (Å²) in [5.74, 6) is 0.450. The van der Waals surface area contributed by atoms with Crippen molar-refractivity contribution in [1.29, 1.82) is 5.26 Å². The van der Waals surface area contributed by atoms with Gasteiger partial charge in [0, 0.05) is 11.3 Å². The van der Waals surface area contributed by atoms with E-state index in [9.17, 15) is 4.79 Å². The lowest BCUT2D eigenvalue weighted by atomic mass is 10.1. The van der Waals surface area contributed by atoms with Crippen molar-refractivity contribution in [2.24, 2.45) is 0 Å². The van der Waals surface area contributed by atoms with E-state index in [2.05, 4.69) is 20.5 Å². The van der Waals surface area contributed by atoms with Crippen LogP contribution in [0, 0.1) is 18.3 Å². The van der Waals surface area contributed by atoms with Crippen LogP contribution in [0.15, 0.2) is 47.6 Å². The van der Waals surface area contributed by atoms with Gasteiger partial charge in [-0.25, -0.2) is 4.98 Å². The highest BCUT2D eigenvalue weighted by molar-refractivity contribution is 8.00. The second kappa shape index (κ2) is 8.25. The number of nitrogens with zero attached hydrogens (tertiary/aromatic N) is 3. The van der Waals surface area contributed by atoms with Gasteiger partial charge in [-0.15, -0.1) is 5.10 Å². The van der Waals surface area contributed by atoms with Crippen LogP contribution in [0.2, 0.25) is 5.02 Å². The number of halogens is 1. The molecule has 3 rings (SSSR count). The smallest absolute Gasteiger partial charge is 0.237 e. The van der Waals surface area contributed by atoms with Gasteiger partial charge in [0.25, 0.3) is 0 Å². The summed E-state index contributed by atoms with van der Waals surface area (Å²) < 4.78 is 0. The van der Waals surface area contributed by atoms with Crippen LogP contribution < -0.4 is 5.32 Å². The Bertz CT molecular complexity index is 1010. The summed E-state index contributed by atoms with van der Waals surface area (Å²) in [5, 5.41) is 19.1. The lowest BCUT2D eigenvalue weighted by Gasteiger charge is -2.10. The van der Waals surface area contributed by atoms with Crippen LogP contribution in [0.4, 0.5) is 5.69 Å². The van der Waals surface area contributed by atoms with Crippen molar-refractivity contribution in [2.75, 3.05) is 5.32 Å². The summed E-state index contributed by atoms with van der Waals surface area (Å²) in [6.45, 7) is 3.79. The monoisotopic (exact) mass is 397 g/mol. The molecule has 1 atom stereocenters. The van der Waals surface area contributed by atoms with E-state index in [-0.39, 0.29) is 5.91 Å². The van der Waals surface area contributed by atoms with E-state index in [1.807, 2.05) is 37.3 Å². The number of aryl methyl sites for hydroxylation is 1. The Hall–Kier alpha value is -2.82. The highest BCUT2D eigenvalue weighted by atomic mass is 35.5. The molecule has 3 aromatic rings. The van der Waals surface area contributed by atoms with Crippen molar-refractivity contribution in [3.05, 3.63) is 58.6 Å². The van der Waals surface area contributed by atoms with Gasteiger partial charge >= 0.3 is 0 Å². The molecule has 0 aliphatic carbocycles. The zero-order valence-corrected chi connectivity index (χ0v) is 16.2. The van der Waals surface area contributed by atoms with Crippen LogP contribution in [0.5, 0.6) is 0 Å². The van der Waals surface area contributed by atoms with Crippen molar-refractivity contribution in [2.45, 2.75) is 24.3 Å². The second-order valence-corrected chi connectivity index (χ2v) is 7.60. The summed E-state index contributed by atoms with van der Waals surface area (Å²) in [6, 6.07) is 14.7. The molecule has 1 heterocycles. The Morgan fingerprint density at radius 2 is 2.04 bits per heavy atom. The highest BCUT2D eigenvalue weighted by Crippen LogP contribution is 2.25. The summed E-state index contributed by atoms with van der Waals surface area (Å²) >= 11 is 7.24. The van der Waals surface area contributed by atoms with E-state index >= 15 is 0 Å². The number of carbonyl (C=O) groups is 1. The zero-order chi connectivity index (χ0) is 19.4. The van der Waals surface area contributed by atoms with Gasteiger partial charge in [-0.1, -0.05) is 53.2 Å². The third-order valence-corrected chi connectivity index (χ3v) is 5.07. The number of aromatic amines is 1. The number of benzene rings is 2. The number of anilines is 1. The van der Waals surface area contributed by atoms with Crippen molar-refractivity contribution < 1.29 is 4.79 Å². The average Bonchev–Trinajstić information content (AvgIpc) is 3.11. The SMILES string of the molecule is Cc1ccc(-c2nc(S[C@H](C)C(=O)Nc3ccc(C#N)c(Cl)c3)n[nH]2)cc1. The maximum Gasteiger partial charge on any atom is 0.237 e. The quantitative estimate of drug-likeness (QED) is 0.621. The summed E-state index contributed by atoms with van der Waals surface area (Å²) in [6.07, 6.45) is 0. The van der Waals surface area contributed by atoms with E-state index < -0.39 is 5.25 Å². The molecule has 0 unspecified atom stereocenters. The first-order valence-corrected chi connectivity index (χ1v) is 9.38. The molecular weight excluding hydrogens is 382 g/mol. The van der Waals surface area contributed by atoms with Gasteiger partial charge in [0.05, 0.1) is 15.8 Å². The first-order valence-electron chi connectivity index (χ1n) is 8.13. The first kappa shape index (κ1) is 19.0. The minimum atomic E-state index is -0.416. The first-order chi connectivity index (χ1) is 13.0. The van der Waals surface area contributed by atoms with Gasteiger partial charge in [0.2, 0.25) is 11.1 Å². The normalized spacial score (nSPS) is 11.6. The molecule has 0 saturated carbocycles. The maximum atomic E-state index is 12.4. The molecule has 0 spiro atoms. The van der Waals surface area contributed by atoms with Crippen LogP contribution >= 0.6 is 23.4 Å². The molecule has 0 bridgehead atoms. The van der Waals surface area contributed by atoms with Crippen LogP contribution in [-0.2, 0) is 4.79 Å². The fourth-order valence-electron chi connectivity index (χ4n) is 2.28. The minimum absolute atomic E-state index is 0.206. The molecule has 27 heavy (non-hydrogen) atoms. The average molecular weight is 398 g/mol. The number of rotatable bonds is 5. The van der Waals surface area contributed by atoms with E-state index in [0.717, 1.165) is 5.56 Å². The topological polar surface area (TPSA) is 94.5 Å². The fourth-order valence-corrected chi connectivity index (χ4v) is 3.23.